The lowest BCUT2D eigenvalue weighted by Crippen LogP contribution is -2.09. The van der Waals surface area contributed by atoms with Gasteiger partial charge in [-0.05, 0) is 30.5 Å². The molecule has 0 spiro atoms. The Balaban J connectivity index is 2.03. The minimum atomic E-state index is 0.113. The van der Waals surface area contributed by atoms with Gasteiger partial charge in [0, 0.05) is 16.5 Å². The van der Waals surface area contributed by atoms with E-state index in [1.165, 1.54) is 16.9 Å². The summed E-state index contributed by atoms with van der Waals surface area (Å²) in [6.45, 7) is 0. The summed E-state index contributed by atoms with van der Waals surface area (Å²) in [5, 5.41) is 2.72. The molecule has 3 nitrogen and oxygen atoms in total. The Labute approximate surface area is 98.1 Å². The summed E-state index contributed by atoms with van der Waals surface area (Å²) in [7, 11) is 0. The molecule has 1 heterocycles. The molecule has 0 bridgehead atoms. The van der Waals surface area contributed by atoms with E-state index in [9.17, 15) is 0 Å². The van der Waals surface area contributed by atoms with Crippen LogP contribution in [0.25, 0.3) is 0 Å². The van der Waals surface area contributed by atoms with Gasteiger partial charge in [-0.3, -0.25) is 0 Å². The van der Waals surface area contributed by atoms with Gasteiger partial charge in [-0.2, -0.15) is 0 Å². The minimum absolute atomic E-state index is 0.113. The maximum atomic E-state index is 5.70. The maximum absolute atomic E-state index is 5.70. The van der Waals surface area contributed by atoms with Crippen LogP contribution in [0.1, 0.15) is 24.1 Å². The molecule has 0 radical (unpaired) electrons. The highest BCUT2D eigenvalue weighted by Crippen LogP contribution is 2.53. The van der Waals surface area contributed by atoms with Crippen molar-refractivity contribution in [3.8, 4) is 0 Å². The largest absolute Gasteiger partial charge is 0.399 e. The van der Waals surface area contributed by atoms with Crippen molar-refractivity contribution < 1.29 is 0 Å². The summed E-state index contributed by atoms with van der Waals surface area (Å²) >= 11 is 1.51. The van der Waals surface area contributed by atoms with Crippen molar-refractivity contribution in [2.24, 2.45) is 0 Å². The van der Waals surface area contributed by atoms with Crippen LogP contribution < -0.4 is 11.5 Å². The van der Waals surface area contributed by atoms with Crippen molar-refractivity contribution in [1.82, 2.24) is 4.98 Å². The first-order valence-electron chi connectivity index (χ1n) is 5.28. The molecule has 0 unspecified atom stereocenters. The van der Waals surface area contributed by atoms with E-state index >= 15 is 0 Å². The van der Waals surface area contributed by atoms with Crippen molar-refractivity contribution in [3.05, 3.63) is 40.9 Å². The van der Waals surface area contributed by atoms with E-state index in [2.05, 4.69) is 22.5 Å². The van der Waals surface area contributed by atoms with E-state index in [0.29, 0.717) is 5.13 Å². The number of nitrogens with zero attached hydrogens (tertiary/aromatic N) is 1. The van der Waals surface area contributed by atoms with Crippen LogP contribution in [0, 0.1) is 0 Å². The van der Waals surface area contributed by atoms with E-state index in [1.807, 2.05) is 12.1 Å². The number of anilines is 2. The molecule has 0 atom stereocenters. The number of benzene rings is 1. The van der Waals surface area contributed by atoms with E-state index < -0.39 is 0 Å². The van der Waals surface area contributed by atoms with Crippen LogP contribution in [0.5, 0.6) is 0 Å². The Hall–Kier alpha value is -1.55. The molecule has 1 aromatic carbocycles. The van der Waals surface area contributed by atoms with Crippen LogP contribution in [0.4, 0.5) is 10.8 Å². The highest BCUT2D eigenvalue weighted by atomic mass is 32.1. The lowest BCUT2D eigenvalue weighted by atomic mass is 9.93. The number of aromatic nitrogens is 1. The topological polar surface area (TPSA) is 64.9 Å². The fourth-order valence-electron chi connectivity index (χ4n) is 2.13. The normalized spacial score (nSPS) is 17.2. The molecule has 16 heavy (non-hydrogen) atoms. The van der Waals surface area contributed by atoms with Crippen LogP contribution in [0.15, 0.2) is 29.6 Å². The summed E-state index contributed by atoms with van der Waals surface area (Å²) in [6, 6.07) is 8.09. The van der Waals surface area contributed by atoms with Gasteiger partial charge in [-0.25, -0.2) is 4.98 Å². The van der Waals surface area contributed by atoms with Crippen molar-refractivity contribution in [1.29, 1.82) is 0 Å². The van der Waals surface area contributed by atoms with Crippen LogP contribution in [-0.4, -0.2) is 4.98 Å². The average Bonchev–Trinajstić information content (AvgIpc) is 2.97. The molecule has 0 amide bonds. The summed E-state index contributed by atoms with van der Waals surface area (Å²) in [5.74, 6) is 0. The third-order valence-electron chi connectivity index (χ3n) is 3.23. The molecular formula is C12H13N3S. The van der Waals surface area contributed by atoms with E-state index in [1.54, 1.807) is 0 Å². The van der Waals surface area contributed by atoms with Gasteiger partial charge in [0.15, 0.2) is 5.13 Å². The van der Waals surface area contributed by atoms with Gasteiger partial charge in [0.25, 0.3) is 0 Å². The molecule has 1 aliphatic rings. The highest BCUT2D eigenvalue weighted by molar-refractivity contribution is 7.13. The molecular weight excluding hydrogens is 218 g/mol. The molecule has 2 aromatic rings. The monoisotopic (exact) mass is 231 g/mol. The van der Waals surface area contributed by atoms with Crippen molar-refractivity contribution in [2.45, 2.75) is 18.3 Å². The van der Waals surface area contributed by atoms with E-state index in [4.69, 9.17) is 11.5 Å². The molecule has 1 fully saturated rings. The molecule has 1 aliphatic carbocycles. The van der Waals surface area contributed by atoms with Crippen LogP contribution in [-0.2, 0) is 5.41 Å². The van der Waals surface area contributed by atoms with Crippen LogP contribution in [0.3, 0.4) is 0 Å². The predicted molar refractivity (Wildman–Crippen MR) is 67.4 cm³/mol. The van der Waals surface area contributed by atoms with Crippen LogP contribution in [0.2, 0.25) is 0 Å². The number of nitrogen functional groups attached to an aromatic ring is 2. The Bertz CT molecular complexity index is 511. The standard InChI is InChI=1S/C12H13N3S/c13-9-3-1-8(2-4-9)12(5-6-12)10-7-16-11(14)15-10/h1-4,7H,5-6,13H2,(H2,14,15). The van der Waals surface area contributed by atoms with Crippen LogP contribution >= 0.6 is 11.3 Å². The second-order valence-corrected chi connectivity index (χ2v) is 5.16. The minimum Gasteiger partial charge on any atom is -0.399 e. The molecule has 1 saturated carbocycles. The van der Waals surface area contributed by atoms with Gasteiger partial charge in [0.2, 0.25) is 0 Å². The quantitative estimate of drug-likeness (QED) is 0.780. The summed E-state index contributed by atoms with van der Waals surface area (Å²) in [6.07, 6.45) is 2.31. The fraction of sp³-hybridized carbons (Fsp3) is 0.250. The summed E-state index contributed by atoms with van der Waals surface area (Å²) < 4.78 is 0. The second-order valence-electron chi connectivity index (χ2n) is 4.28. The summed E-state index contributed by atoms with van der Waals surface area (Å²) in [4.78, 5) is 4.41. The van der Waals surface area contributed by atoms with Crippen molar-refractivity contribution >= 4 is 22.2 Å². The Morgan fingerprint density at radius 1 is 1.12 bits per heavy atom. The molecule has 0 aliphatic heterocycles. The number of hydrogen-bond acceptors (Lipinski definition) is 4. The first-order valence-corrected chi connectivity index (χ1v) is 6.16. The number of nitrogens with two attached hydrogens (primary N) is 2. The number of hydrogen-bond donors (Lipinski definition) is 2. The zero-order valence-corrected chi connectivity index (χ0v) is 9.63. The Morgan fingerprint density at radius 2 is 1.81 bits per heavy atom. The average molecular weight is 231 g/mol. The van der Waals surface area contributed by atoms with Gasteiger partial charge < -0.3 is 11.5 Å². The smallest absolute Gasteiger partial charge is 0.180 e. The maximum Gasteiger partial charge on any atom is 0.180 e. The Morgan fingerprint density at radius 3 is 2.31 bits per heavy atom. The number of thiazole rings is 1. The molecule has 3 rings (SSSR count). The Kier molecular flexibility index (Phi) is 1.94. The van der Waals surface area contributed by atoms with Crippen molar-refractivity contribution in [3.63, 3.8) is 0 Å². The predicted octanol–water partition coefficient (Wildman–Crippen LogP) is 2.39. The lowest BCUT2D eigenvalue weighted by Gasteiger charge is -2.12. The van der Waals surface area contributed by atoms with Gasteiger partial charge in [-0.1, -0.05) is 12.1 Å². The lowest BCUT2D eigenvalue weighted by molar-refractivity contribution is 0.815. The van der Waals surface area contributed by atoms with Gasteiger partial charge in [0.05, 0.1) is 5.69 Å². The zero-order chi connectivity index (χ0) is 11.2. The highest BCUT2D eigenvalue weighted by Gasteiger charge is 2.47. The molecule has 0 saturated heterocycles. The summed E-state index contributed by atoms with van der Waals surface area (Å²) in [5.41, 5.74) is 14.7. The molecule has 4 N–H and O–H groups in total. The molecule has 82 valence electrons. The van der Waals surface area contributed by atoms with Crippen molar-refractivity contribution in [2.75, 3.05) is 11.5 Å². The first-order chi connectivity index (χ1) is 7.71. The molecule has 4 heteroatoms. The second kappa shape index (κ2) is 3.22. The van der Waals surface area contributed by atoms with Gasteiger partial charge in [0.1, 0.15) is 0 Å². The SMILES string of the molecule is Nc1ccc(C2(c3csc(N)n3)CC2)cc1. The third kappa shape index (κ3) is 1.38. The fourth-order valence-corrected chi connectivity index (χ4v) is 2.79. The van der Waals surface area contributed by atoms with E-state index in [0.717, 1.165) is 24.2 Å². The zero-order valence-electron chi connectivity index (χ0n) is 8.81. The first kappa shape index (κ1) is 9.66. The third-order valence-corrected chi connectivity index (χ3v) is 3.90. The van der Waals surface area contributed by atoms with Gasteiger partial charge >= 0.3 is 0 Å². The number of rotatable bonds is 2. The van der Waals surface area contributed by atoms with Gasteiger partial charge in [-0.15, -0.1) is 11.3 Å². The molecule has 1 aromatic heterocycles. The van der Waals surface area contributed by atoms with E-state index in [-0.39, 0.29) is 5.41 Å².